The first-order chi connectivity index (χ1) is 12.3. The minimum Gasteiger partial charge on any atom is -0.456 e. The van der Waals surface area contributed by atoms with E-state index in [0.29, 0.717) is 5.03 Å². The van der Waals surface area contributed by atoms with Crippen molar-refractivity contribution >= 4 is 29.7 Å². The summed E-state index contributed by atoms with van der Waals surface area (Å²) in [5.41, 5.74) is -0.694. The summed E-state index contributed by atoms with van der Waals surface area (Å²) in [7, 11) is 0. The summed E-state index contributed by atoms with van der Waals surface area (Å²) >= 11 is 1.23. The number of rotatable bonds is 5. The predicted molar refractivity (Wildman–Crippen MR) is 91.1 cm³/mol. The molecule has 142 valence electrons. The first kappa shape index (κ1) is 20.2. The molecule has 26 heavy (non-hydrogen) atoms. The van der Waals surface area contributed by atoms with E-state index in [-0.39, 0.29) is 0 Å². The van der Waals surface area contributed by atoms with E-state index in [9.17, 15) is 14.4 Å². The quantitative estimate of drug-likeness (QED) is 0.555. The fourth-order valence-electron chi connectivity index (χ4n) is 2.60. The molecule has 9 heteroatoms. The Morgan fingerprint density at radius 2 is 1.54 bits per heavy atom. The zero-order valence-electron chi connectivity index (χ0n) is 14.9. The highest BCUT2D eigenvalue weighted by molar-refractivity contribution is 7.99. The van der Waals surface area contributed by atoms with E-state index in [1.54, 1.807) is 25.3 Å². The van der Waals surface area contributed by atoms with Crippen LogP contribution in [0, 0.1) is 0 Å². The zero-order valence-corrected chi connectivity index (χ0v) is 15.7. The minimum atomic E-state index is -0.995. The van der Waals surface area contributed by atoms with E-state index in [0.717, 1.165) is 0 Å². The van der Waals surface area contributed by atoms with Crippen LogP contribution in [-0.4, -0.2) is 52.7 Å². The lowest BCUT2D eigenvalue weighted by Gasteiger charge is -2.43. The van der Waals surface area contributed by atoms with Gasteiger partial charge in [-0.15, -0.1) is 0 Å². The van der Waals surface area contributed by atoms with Gasteiger partial charge in [-0.05, 0) is 19.1 Å². The van der Waals surface area contributed by atoms with Crippen LogP contribution < -0.4 is 0 Å². The summed E-state index contributed by atoms with van der Waals surface area (Å²) in [4.78, 5) is 38.8. The second-order valence-electron chi connectivity index (χ2n) is 5.72. The second-order valence-corrected chi connectivity index (χ2v) is 6.84. The third kappa shape index (κ3) is 5.43. The van der Waals surface area contributed by atoms with Crippen LogP contribution in [0.4, 0.5) is 0 Å². The van der Waals surface area contributed by atoms with Crippen molar-refractivity contribution in [2.75, 3.05) is 0 Å². The Labute approximate surface area is 155 Å². The Morgan fingerprint density at radius 3 is 2.08 bits per heavy atom. The molecule has 2 rings (SSSR count). The first-order valence-electron chi connectivity index (χ1n) is 8.02. The van der Waals surface area contributed by atoms with E-state index in [2.05, 4.69) is 4.98 Å². The van der Waals surface area contributed by atoms with Crippen molar-refractivity contribution in [2.24, 2.45) is 0 Å². The van der Waals surface area contributed by atoms with E-state index >= 15 is 0 Å². The summed E-state index contributed by atoms with van der Waals surface area (Å²) < 4.78 is 21.9. The lowest BCUT2D eigenvalue weighted by molar-refractivity contribution is -0.229. The van der Waals surface area contributed by atoms with Crippen LogP contribution in [0.1, 0.15) is 27.7 Å². The molecular weight excluding hydrogens is 362 g/mol. The highest BCUT2D eigenvalue weighted by Gasteiger charge is 2.50. The maximum Gasteiger partial charge on any atom is 0.303 e. The molecule has 0 unspecified atom stereocenters. The number of nitrogens with zero attached hydrogens (tertiary/aromatic N) is 1. The topological polar surface area (TPSA) is 101 Å². The van der Waals surface area contributed by atoms with Crippen molar-refractivity contribution in [1.82, 2.24) is 4.98 Å². The van der Waals surface area contributed by atoms with Gasteiger partial charge in [0.25, 0.3) is 0 Å². The Balaban J connectivity index is 2.33. The van der Waals surface area contributed by atoms with Gasteiger partial charge in [0.1, 0.15) is 5.44 Å². The van der Waals surface area contributed by atoms with Gasteiger partial charge >= 0.3 is 17.9 Å². The minimum absolute atomic E-state index is 0.556. The number of hydrogen-bond acceptors (Lipinski definition) is 9. The number of pyridine rings is 1. The van der Waals surface area contributed by atoms with Crippen LogP contribution in [0.2, 0.25) is 0 Å². The molecule has 2 heterocycles. The third-order valence-corrected chi connectivity index (χ3v) is 4.60. The Morgan fingerprint density at radius 1 is 0.962 bits per heavy atom. The van der Waals surface area contributed by atoms with Crippen LogP contribution in [0.25, 0.3) is 0 Å². The Hall–Kier alpha value is -2.13. The van der Waals surface area contributed by atoms with E-state index in [1.807, 2.05) is 6.07 Å². The van der Waals surface area contributed by atoms with E-state index < -0.39 is 47.8 Å². The molecule has 1 aromatic heterocycles. The fraction of sp³-hybridized carbons (Fsp3) is 0.529. The molecule has 1 aromatic rings. The fourth-order valence-corrected chi connectivity index (χ4v) is 3.69. The van der Waals surface area contributed by atoms with Gasteiger partial charge in [0.05, 0.1) is 11.1 Å². The van der Waals surface area contributed by atoms with Crippen molar-refractivity contribution in [3.05, 3.63) is 24.4 Å². The van der Waals surface area contributed by atoms with Gasteiger partial charge < -0.3 is 18.9 Å². The number of carbonyl (C=O) groups is 3. The third-order valence-electron chi connectivity index (χ3n) is 3.51. The van der Waals surface area contributed by atoms with Gasteiger partial charge in [-0.3, -0.25) is 14.4 Å². The molecule has 8 nitrogen and oxygen atoms in total. The maximum atomic E-state index is 11.6. The van der Waals surface area contributed by atoms with Crippen LogP contribution in [0.3, 0.4) is 0 Å². The summed E-state index contributed by atoms with van der Waals surface area (Å²) in [5.74, 6) is -1.71. The van der Waals surface area contributed by atoms with E-state index in [4.69, 9.17) is 18.9 Å². The standard InChI is InChI=1S/C17H21NO7S/c1-9-14(23-10(2)19)15(24-11(3)20)16(25-12(4)21)17(22-9)26-13-7-5-6-8-18-13/h5-9,14-17H,1-4H3/t9-,14-,15+,16+,17+/m1/s1. The SMILES string of the molecule is CC(=O)O[C@H]1[C@H](OC(C)=O)[C@@H](C)O[C@@H](Sc2ccccn2)[C@H]1OC(C)=O. The zero-order chi connectivity index (χ0) is 19.3. The molecule has 0 aliphatic carbocycles. The second kappa shape index (κ2) is 9.00. The molecule has 0 bridgehead atoms. The largest absolute Gasteiger partial charge is 0.456 e. The van der Waals surface area contributed by atoms with Crippen LogP contribution in [0.5, 0.6) is 0 Å². The van der Waals surface area contributed by atoms with Crippen molar-refractivity contribution in [2.45, 2.75) is 62.6 Å². The number of aromatic nitrogens is 1. The normalized spacial score (nSPS) is 28.1. The molecule has 0 amide bonds. The van der Waals surface area contributed by atoms with Crippen LogP contribution in [-0.2, 0) is 33.3 Å². The molecule has 0 spiro atoms. The van der Waals surface area contributed by atoms with E-state index in [1.165, 1.54) is 32.5 Å². The average Bonchev–Trinajstić information content (AvgIpc) is 2.54. The summed E-state index contributed by atoms with van der Waals surface area (Å²) in [6, 6.07) is 5.37. The molecule has 5 atom stereocenters. The molecule has 0 radical (unpaired) electrons. The highest BCUT2D eigenvalue weighted by Crippen LogP contribution is 2.36. The maximum absolute atomic E-state index is 11.6. The predicted octanol–water partition coefficient (Wildman–Crippen LogP) is 1.71. The summed E-state index contributed by atoms with van der Waals surface area (Å²) in [6.45, 7) is 5.41. The van der Waals surface area contributed by atoms with Gasteiger partial charge in [0, 0.05) is 27.0 Å². The van der Waals surface area contributed by atoms with Gasteiger partial charge in [-0.25, -0.2) is 4.98 Å². The molecule has 0 saturated carbocycles. The average molecular weight is 383 g/mol. The lowest BCUT2D eigenvalue weighted by atomic mass is 10.00. The monoisotopic (exact) mass is 383 g/mol. The summed E-state index contributed by atoms with van der Waals surface area (Å²) in [6.07, 6.45) is -1.83. The number of carbonyl (C=O) groups excluding carboxylic acids is 3. The lowest BCUT2D eigenvalue weighted by Crippen LogP contribution is -2.59. The number of thioether (sulfide) groups is 1. The molecule has 1 aliphatic heterocycles. The van der Waals surface area contributed by atoms with Crippen LogP contribution in [0.15, 0.2) is 29.4 Å². The first-order valence-corrected chi connectivity index (χ1v) is 8.90. The van der Waals surface area contributed by atoms with Gasteiger partial charge in [-0.1, -0.05) is 17.8 Å². The molecule has 0 aromatic carbocycles. The van der Waals surface area contributed by atoms with Crippen molar-refractivity contribution < 1.29 is 33.3 Å². The van der Waals surface area contributed by atoms with Gasteiger partial charge in [0.2, 0.25) is 0 Å². The van der Waals surface area contributed by atoms with Gasteiger partial charge in [-0.2, -0.15) is 0 Å². The molecular formula is C17H21NO7S. The summed E-state index contributed by atoms with van der Waals surface area (Å²) in [5, 5.41) is 0.648. The van der Waals surface area contributed by atoms with Crippen molar-refractivity contribution in [1.29, 1.82) is 0 Å². The number of esters is 3. The molecule has 1 aliphatic rings. The number of hydrogen-bond donors (Lipinski definition) is 0. The smallest absolute Gasteiger partial charge is 0.303 e. The number of ether oxygens (including phenoxy) is 4. The molecule has 1 saturated heterocycles. The highest BCUT2D eigenvalue weighted by atomic mass is 32.2. The molecule has 1 fully saturated rings. The Kier molecular flexibility index (Phi) is 6.98. The van der Waals surface area contributed by atoms with Crippen molar-refractivity contribution in [3.63, 3.8) is 0 Å². The molecule has 0 N–H and O–H groups in total. The Bertz CT molecular complexity index is 654. The van der Waals surface area contributed by atoms with Crippen LogP contribution >= 0.6 is 11.8 Å². The van der Waals surface area contributed by atoms with Gasteiger partial charge in [0.15, 0.2) is 18.3 Å². The van der Waals surface area contributed by atoms with Crippen molar-refractivity contribution in [3.8, 4) is 0 Å².